The van der Waals surface area contributed by atoms with Crippen molar-refractivity contribution < 1.29 is 9.13 Å². The van der Waals surface area contributed by atoms with Gasteiger partial charge in [0.25, 0.3) is 0 Å². The second kappa shape index (κ2) is 11.4. The number of rotatable bonds is 9. The molecule has 3 aliphatic rings. The van der Waals surface area contributed by atoms with Gasteiger partial charge in [0.1, 0.15) is 0 Å². The van der Waals surface area contributed by atoms with E-state index in [-0.39, 0.29) is 11.9 Å². The average Bonchev–Trinajstić information content (AvgIpc) is 3.42. The number of anilines is 4. The number of nitrogens with zero attached hydrogens (tertiary/aromatic N) is 3. The first kappa shape index (κ1) is 24.0. The molecule has 1 saturated carbocycles. The summed E-state index contributed by atoms with van der Waals surface area (Å²) in [6.07, 6.45) is 11.4. The van der Waals surface area contributed by atoms with Gasteiger partial charge >= 0.3 is 0 Å². The minimum atomic E-state index is -0.355. The third kappa shape index (κ3) is 6.12. The molecule has 1 aromatic carbocycles. The fourth-order valence-corrected chi connectivity index (χ4v) is 5.55. The molecule has 9 heteroatoms. The van der Waals surface area contributed by atoms with Gasteiger partial charge in [0.15, 0.2) is 11.6 Å². The molecule has 0 amide bonds. The molecule has 35 heavy (non-hydrogen) atoms. The SMILES string of the molecule is CCC(Nc1nc(NCC2CCCCC2)nc(Nc2cc(F)c3c(c2)CCCO3)n1)C1CCCN1. The first-order valence-electron chi connectivity index (χ1n) is 13.4. The number of ether oxygens (including phenoxy) is 1. The molecule has 0 radical (unpaired) electrons. The van der Waals surface area contributed by atoms with Crippen LogP contribution in [0.25, 0.3) is 0 Å². The summed E-state index contributed by atoms with van der Waals surface area (Å²) >= 11 is 0. The van der Waals surface area contributed by atoms with Gasteiger partial charge in [0.05, 0.1) is 6.61 Å². The molecular weight excluding hydrogens is 445 g/mol. The predicted octanol–water partition coefficient (Wildman–Crippen LogP) is 5.01. The summed E-state index contributed by atoms with van der Waals surface area (Å²) in [7, 11) is 0. The van der Waals surface area contributed by atoms with Crippen molar-refractivity contribution in [2.45, 2.75) is 83.2 Å². The van der Waals surface area contributed by atoms with Crippen LogP contribution in [0.4, 0.5) is 27.9 Å². The van der Waals surface area contributed by atoms with E-state index in [0.29, 0.717) is 47.8 Å². The average molecular weight is 484 g/mol. The molecule has 0 spiro atoms. The van der Waals surface area contributed by atoms with Gasteiger partial charge in [-0.1, -0.05) is 26.2 Å². The van der Waals surface area contributed by atoms with E-state index in [1.165, 1.54) is 44.6 Å². The lowest BCUT2D eigenvalue weighted by Crippen LogP contribution is -2.40. The van der Waals surface area contributed by atoms with E-state index in [1.807, 2.05) is 6.07 Å². The molecule has 2 unspecified atom stereocenters. The summed E-state index contributed by atoms with van der Waals surface area (Å²) in [5.41, 5.74) is 1.49. The Hall–Kier alpha value is -2.68. The standard InChI is InChI=1S/C26H38FN7O/c1-2-21(22-11-6-12-28-22)31-26-33-24(29-16-17-8-4-3-5-9-17)32-25(34-26)30-19-14-18-10-7-13-35-23(18)20(27)15-19/h14-15,17,21-22,28H,2-13,16H2,1H3,(H3,29,30,31,32,33,34). The number of halogens is 1. The van der Waals surface area contributed by atoms with Crippen molar-refractivity contribution in [2.24, 2.45) is 5.92 Å². The van der Waals surface area contributed by atoms with Crippen LogP contribution in [0.1, 0.15) is 70.3 Å². The Morgan fingerprint density at radius 2 is 1.86 bits per heavy atom. The van der Waals surface area contributed by atoms with Crippen LogP contribution in [-0.4, -0.2) is 46.7 Å². The van der Waals surface area contributed by atoms with E-state index in [1.54, 1.807) is 0 Å². The molecule has 3 heterocycles. The van der Waals surface area contributed by atoms with Crippen LogP contribution in [-0.2, 0) is 6.42 Å². The second-order valence-corrected chi connectivity index (χ2v) is 10.1. The molecular formula is C26H38FN7O. The lowest BCUT2D eigenvalue weighted by Gasteiger charge is -2.24. The zero-order chi connectivity index (χ0) is 24.0. The maximum atomic E-state index is 14.7. The second-order valence-electron chi connectivity index (χ2n) is 10.1. The molecule has 1 aromatic heterocycles. The lowest BCUT2D eigenvalue weighted by molar-refractivity contribution is 0.273. The highest BCUT2D eigenvalue weighted by Gasteiger charge is 2.24. The minimum absolute atomic E-state index is 0.234. The number of aromatic nitrogens is 3. The Balaban J connectivity index is 1.36. The fourth-order valence-electron chi connectivity index (χ4n) is 5.55. The van der Waals surface area contributed by atoms with Crippen LogP contribution in [0.2, 0.25) is 0 Å². The molecule has 0 bridgehead atoms. The van der Waals surface area contributed by atoms with Gasteiger partial charge in [0, 0.05) is 30.4 Å². The van der Waals surface area contributed by atoms with Gasteiger partial charge in [-0.25, -0.2) is 4.39 Å². The number of hydrogen-bond donors (Lipinski definition) is 4. The van der Waals surface area contributed by atoms with Crippen LogP contribution >= 0.6 is 0 Å². The summed E-state index contributed by atoms with van der Waals surface area (Å²) in [4.78, 5) is 14.0. The van der Waals surface area contributed by atoms with Crippen molar-refractivity contribution in [3.05, 3.63) is 23.5 Å². The van der Waals surface area contributed by atoms with Gasteiger partial charge in [-0.2, -0.15) is 15.0 Å². The van der Waals surface area contributed by atoms with E-state index in [2.05, 4.69) is 38.2 Å². The van der Waals surface area contributed by atoms with E-state index in [9.17, 15) is 4.39 Å². The van der Waals surface area contributed by atoms with Crippen LogP contribution in [0, 0.1) is 11.7 Å². The van der Waals surface area contributed by atoms with Crippen LogP contribution in [0.5, 0.6) is 5.75 Å². The third-order valence-corrected chi connectivity index (χ3v) is 7.46. The van der Waals surface area contributed by atoms with Crippen molar-refractivity contribution >= 4 is 23.5 Å². The van der Waals surface area contributed by atoms with Gasteiger partial charge in [-0.15, -0.1) is 0 Å². The van der Waals surface area contributed by atoms with Gasteiger partial charge in [-0.05, 0) is 69.0 Å². The van der Waals surface area contributed by atoms with E-state index in [4.69, 9.17) is 9.72 Å². The zero-order valence-corrected chi connectivity index (χ0v) is 20.7. The molecule has 190 valence electrons. The Bertz CT molecular complexity index is 992. The molecule has 2 aliphatic heterocycles. The van der Waals surface area contributed by atoms with Crippen molar-refractivity contribution in [1.29, 1.82) is 0 Å². The molecule has 2 aromatic rings. The summed E-state index contributed by atoms with van der Waals surface area (Å²) in [5, 5.41) is 13.8. The quantitative estimate of drug-likeness (QED) is 0.395. The largest absolute Gasteiger partial charge is 0.490 e. The summed E-state index contributed by atoms with van der Waals surface area (Å²) in [6.45, 7) is 4.64. The monoisotopic (exact) mass is 483 g/mol. The molecule has 1 saturated heterocycles. The molecule has 5 rings (SSSR count). The van der Waals surface area contributed by atoms with E-state index >= 15 is 0 Å². The number of hydrogen-bond acceptors (Lipinski definition) is 8. The third-order valence-electron chi connectivity index (χ3n) is 7.46. The van der Waals surface area contributed by atoms with Gasteiger partial charge in [-0.3, -0.25) is 0 Å². The molecule has 2 fully saturated rings. The highest BCUT2D eigenvalue weighted by molar-refractivity contribution is 5.60. The summed E-state index contributed by atoms with van der Waals surface area (Å²) in [6, 6.07) is 4.02. The van der Waals surface area contributed by atoms with Gasteiger partial charge < -0.3 is 26.0 Å². The van der Waals surface area contributed by atoms with E-state index in [0.717, 1.165) is 44.3 Å². The summed E-state index contributed by atoms with van der Waals surface area (Å²) < 4.78 is 20.2. The predicted molar refractivity (Wildman–Crippen MR) is 137 cm³/mol. The first-order valence-corrected chi connectivity index (χ1v) is 13.4. The van der Waals surface area contributed by atoms with E-state index < -0.39 is 0 Å². The van der Waals surface area contributed by atoms with Crippen molar-refractivity contribution in [2.75, 3.05) is 35.6 Å². The molecule has 4 N–H and O–H groups in total. The normalized spacial score (nSPS) is 21.1. The molecule has 2 atom stereocenters. The zero-order valence-electron chi connectivity index (χ0n) is 20.7. The Labute approximate surface area is 207 Å². The lowest BCUT2D eigenvalue weighted by atomic mass is 9.89. The highest BCUT2D eigenvalue weighted by atomic mass is 19.1. The minimum Gasteiger partial charge on any atom is -0.490 e. The first-order chi connectivity index (χ1) is 17.2. The Morgan fingerprint density at radius 3 is 2.66 bits per heavy atom. The van der Waals surface area contributed by atoms with Crippen molar-refractivity contribution in [3.8, 4) is 5.75 Å². The number of benzene rings is 1. The number of aryl methyl sites for hydroxylation is 1. The fraction of sp³-hybridized carbons (Fsp3) is 0.654. The highest BCUT2D eigenvalue weighted by Crippen LogP contribution is 2.32. The molecule has 8 nitrogen and oxygen atoms in total. The Kier molecular flexibility index (Phi) is 7.81. The number of nitrogens with one attached hydrogen (secondary N) is 4. The smallest absolute Gasteiger partial charge is 0.233 e. The van der Waals surface area contributed by atoms with Crippen LogP contribution in [0.15, 0.2) is 12.1 Å². The molecule has 1 aliphatic carbocycles. The van der Waals surface area contributed by atoms with Crippen LogP contribution < -0.4 is 26.0 Å². The topological polar surface area (TPSA) is 96.0 Å². The summed E-state index contributed by atoms with van der Waals surface area (Å²) in [5.74, 6) is 2.14. The van der Waals surface area contributed by atoms with Crippen LogP contribution in [0.3, 0.4) is 0 Å². The van der Waals surface area contributed by atoms with Crippen molar-refractivity contribution in [3.63, 3.8) is 0 Å². The number of fused-ring (bicyclic) bond motifs is 1. The Morgan fingerprint density at radius 1 is 1.03 bits per heavy atom. The van der Waals surface area contributed by atoms with Crippen molar-refractivity contribution in [1.82, 2.24) is 20.3 Å². The maximum absolute atomic E-state index is 14.7. The van der Waals surface area contributed by atoms with Gasteiger partial charge in [0.2, 0.25) is 17.8 Å². The maximum Gasteiger partial charge on any atom is 0.233 e.